The molecule has 1 aromatic carbocycles. The van der Waals surface area contributed by atoms with E-state index in [0.717, 1.165) is 28.8 Å². The number of benzene rings is 1. The minimum Gasteiger partial charge on any atom is -0.496 e. The summed E-state index contributed by atoms with van der Waals surface area (Å²) in [5.41, 5.74) is 0.901. The first-order valence-electron chi connectivity index (χ1n) is 6.60. The molecule has 2 atom stereocenters. The van der Waals surface area contributed by atoms with Gasteiger partial charge in [0.15, 0.2) is 0 Å². The smallest absolute Gasteiger partial charge is 0.244 e. The Morgan fingerprint density at radius 1 is 1.45 bits per heavy atom. The average molecular weight is 338 g/mol. The topological polar surface area (TPSA) is 60.2 Å². The Kier molecular flexibility index (Phi) is 3.76. The summed E-state index contributed by atoms with van der Waals surface area (Å²) in [7, 11) is 1.64. The summed E-state index contributed by atoms with van der Waals surface area (Å²) in [6.07, 6.45) is 1.14. The van der Waals surface area contributed by atoms with E-state index in [1.54, 1.807) is 7.11 Å². The van der Waals surface area contributed by atoms with E-state index < -0.39 is 0 Å². The summed E-state index contributed by atoms with van der Waals surface area (Å²) in [6, 6.07) is 5.90. The maximum atomic E-state index is 5.40. The maximum absolute atomic E-state index is 5.40. The zero-order valence-corrected chi connectivity index (χ0v) is 13.0. The summed E-state index contributed by atoms with van der Waals surface area (Å²) in [5, 5.41) is 7.47. The maximum Gasteiger partial charge on any atom is 0.244 e. The summed E-state index contributed by atoms with van der Waals surface area (Å²) < 4.78 is 11.5. The van der Waals surface area contributed by atoms with Crippen LogP contribution in [-0.4, -0.2) is 23.8 Å². The van der Waals surface area contributed by atoms with Crippen molar-refractivity contribution in [2.24, 2.45) is 5.92 Å². The minimum absolute atomic E-state index is 0.165. The molecule has 5 nitrogen and oxygen atoms in total. The molecular weight excluding hydrogens is 322 g/mol. The second kappa shape index (κ2) is 5.54. The van der Waals surface area contributed by atoms with E-state index in [2.05, 4.69) is 38.3 Å². The van der Waals surface area contributed by atoms with Crippen LogP contribution in [0.25, 0.3) is 11.4 Å². The monoisotopic (exact) mass is 337 g/mol. The normalized spacial score (nSPS) is 22.1. The zero-order valence-electron chi connectivity index (χ0n) is 11.4. The molecule has 0 aliphatic carbocycles. The first-order chi connectivity index (χ1) is 9.69. The molecule has 0 radical (unpaired) electrons. The summed E-state index contributed by atoms with van der Waals surface area (Å²) in [4.78, 5) is 4.51. The molecule has 2 unspecified atom stereocenters. The molecule has 0 saturated carbocycles. The van der Waals surface area contributed by atoms with E-state index in [1.807, 2.05) is 18.2 Å². The third kappa shape index (κ3) is 2.45. The van der Waals surface area contributed by atoms with Gasteiger partial charge in [0.05, 0.1) is 17.6 Å². The molecule has 20 heavy (non-hydrogen) atoms. The number of halogens is 1. The van der Waals surface area contributed by atoms with Crippen molar-refractivity contribution in [3.05, 3.63) is 28.6 Å². The van der Waals surface area contributed by atoms with Gasteiger partial charge in [-0.2, -0.15) is 4.98 Å². The summed E-state index contributed by atoms with van der Waals surface area (Å²) >= 11 is 3.46. The fourth-order valence-corrected chi connectivity index (χ4v) is 2.99. The van der Waals surface area contributed by atoms with Gasteiger partial charge in [0.25, 0.3) is 0 Å². The molecular formula is C14H16BrN3O2. The van der Waals surface area contributed by atoms with E-state index in [4.69, 9.17) is 9.26 Å². The van der Waals surface area contributed by atoms with Crippen LogP contribution in [0.4, 0.5) is 0 Å². The lowest BCUT2D eigenvalue weighted by atomic mass is 10.0. The molecule has 106 valence electrons. The van der Waals surface area contributed by atoms with E-state index in [-0.39, 0.29) is 6.04 Å². The van der Waals surface area contributed by atoms with Gasteiger partial charge in [0.2, 0.25) is 11.7 Å². The van der Waals surface area contributed by atoms with Crippen molar-refractivity contribution >= 4 is 15.9 Å². The van der Waals surface area contributed by atoms with Crippen LogP contribution in [0.1, 0.15) is 25.3 Å². The van der Waals surface area contributed by atoms with Crippen molar-refractivity contribution in [2.45, 2.75) is 19.4 Å². The lowest BCUT2D eigenvalue weighted by Crippen LogP contribution is -2.16. The third-order valence-electron chi connectivity index (χ3n) is 3.65. The molecule has 6 heteroatoms. The number of hydrogen-bond donors (Lipinski definition) is 1. The number of nitrogens with one attached hydrogen (secondary N) is 1. The quantitative estimate of drug-likeness (QED) is 0.931. The Morgan fingerprint density at radius 2 is 2.30 bits per heavy atom. The van der Waals surface area contributed by atoms with Gasteiger partial charge < -0.3 is 14.6 Å². The van der Waals surface area contributed by atoms with E-state index in [0.29, 0.717) is 17.6 Å². The van der Waals surface area contributed by atoms with Gasteiger partial charge in [0, 0.05) is 5.56 Å². The van der Waals surface area contributed by atoms with Gasteiger partial charge in [-0.25, -0.2) is 0 Å². The van der Waals surface area contributed by atoms with Gasteiger partial charge in [0.1, 0.15) is 5.75 Å². The summed E-state index contributed by atoms with van der Waals surface area (Å²) in [6.45, 7) is 3.19. The standard InChI is InChI=1S/C14H16BrN3O2/c1-8-5-6-16-12(8)14-17-13(18-20-14)9-3-4-11(19-2)10(15)7-9/h3-4,7-8,12,16H,5-6H2,1-2H3. The number of hydrogen-bond acceptors (Lipinski definition) is 5. The Balaban J connectivity index is 1.88. The van der Waals surface area contributed by atoms with E-state index in [1.165, 1.54) is 0 Å². The fraction of sp³-hybridized carbons (Fsp3) is 0.429. The van der Waals surface area contributed by atoms with Crippen LogP contribution in [0.2, 0.25) is 0 Å². The van der Waals surface area contributed by atoms with Crippen molar-refractivity contribution in [1.82, 2.24) is 15.5 Å². The van der Waals surface area contributed by atoms with Crippen LogP contribution in [0, 0.1) is 5.92 Å². The van der Waals surface area contributed by atoms with Crippen LogP contribution in [0.3, 0.4) is 0 Å². The Labute approximate surface area is 125 Å². The number of aromatic nitrogens is 2. The van der Waals surface area contributed by atoms with Crippen molar-refractivity contribution < 1.29 is 9.26 Å². The Morgan fingerprint density at radius 3 is 2.95 bits per heavy atom. The SMILES string of the molecule is COc1ccc(-c2noc(C3NCCC3C)n2)cc1Br. The first kappa shape index (κ1) is 13.6. The van der Waals surface area contributed by atoms with Gasteiger partial charge in [-0.1, -0.05) is 12.1 Å². The number of rotatable bonds is 3. The molecule has 1 aliphatic heterocycles. The predicted molar refractivity (Wildman–Crippen MR) is 78.5 cm³/mol. The molecule has 1 fully saturated rings. The largest absolute Gasteiger partial charge is 0.496 e. The molecule has 0 amide bonds. The minimum atomic E-state index is 0.165. The van der Waals surface area contributed by atoms with Crippen molar-refractivity contribution in [2.75, 3.05) is 13.7 Å². The molecule has 1 aromatic heterocycles. The molecule has 0 spiro atoms. The molecule has 3 rings (SSSR count). The first-order valence-corrected chi connectivity index (χ1v) is 7.39. The van der Waals surface area contributed by atoms with Crippen molar-refractivity contribution in [1.29, 1.82) is 0 Å². The Bertz CT molecular complexity index is 614. The highest BCUT2D eigenvalue weighted by Gasteiger charge is 2.29. The highest BCUT2D eigenvalue weighted by atomic mass is 79.9. The molecule has 2 heterocycles. The summed E-state index contributed by atoms with van der Waals surface area (Å²) in [5.74, 6) is 2.57. The number of methoxy groups -OCH3 is 1. The lowest BCUT2D eigenvalue weighted by molar-refractivity contribution is 0.319. The highest BCUT2D eigenvalue weighted by molar-refractivity contribution is 9.10. The van der Waals surface area contributed by atoms with Gasteiger partial charge in [-0.3, -0.25) is 0 Å². The van der Waals surface area contributed by atoms with Crippen molar-refractivity contribution in [3.8, 4) is 17.1 Å². The molecule has 1 N–H and O–H groups in total. The van der Waals surface area contributed by atoms with Crippen molar-refractivity contribution in [3.63, 3.8) is 0 Å². The highest BCUT2D eigenvalue weighted by Crippen LogP contribution is 2.32. The Hall–Kier alpha value is -1.40. The molecule has 1 saturated heterocycles. The average Bonchev–Trinajstić information content (AvgIpc) is 3.07. The van der Waals surface area contributed by atoms with E-state index in [9.17, 15) is 0 Å². The van der Waals surface area contributed by atoms with Crippen LogP contribution >= 0.6 is 15.9 Å². The van der Waals surface area contributed by atoms with Gasteiger partial charge in [-0.05, 0) is 53.0 Å². The van der Waals surface area contributed by atoms with Crippen LogP contribution in [0.5, 0.6) is 5.75 Å². The fourth-order valence-electron chi connectivity index (χ4n) is 2.45. The van der Waals surface area contributed by atoms with E-state index >= 15 is 0 Å². The van der Waals surface area contributed by atoms with Gasteiger partial charge >= 0.3 is 0 Å². The van der Waals surface area contributed by atoms with Gasteiger partial charge in [-0.15, -0.1) is 0 Å². The van der Waals surface area contributed by atoms with Crippen LogP contribution in [0.15, 0.2) is 27.2 Å². The van der Waals surface area contributed by atoms with Crippen LogP contribution in [-0.2, 0) is 0 Å². The number of nitrogens with zero attached hydrogens (tertiary/aromatic N) is 2. The molecule has 0 bridgehead atoms. The molecule has 1 aliphatic rings. The van der Waals surface area contributed by atoms with Crippen LogP contribution < -0.4 is 10.1 Å². The predicted octanol–water partition coefficient (Wildman–Crippen LogP) is 3.18. The molecule has 2 aromatic rings. The second-order valence-electron chi connectivity index (χ2n) is 5.00. The lowest BCUT2D eigenvalue weighted by Gasteiger charge is -2.09. The number of ether oxygens (including phenoxy) is 1. The zero-order chi connectivity index (χ0) is 14.1. The second-order valence-corrected chi connectivity index (χ2v) is 5.86. The third-order valence-corrected chi connectivity index (χ3v) is 4.27.